The van der Waals surface area contributed by atoms with Crippen LogP contribution in [0.1, 0.15) is 45.2 Å². The van der Waals surface area contributed by atoms with Crippen molar-refractivity contribution in [2.45, 2.75) is 58.7 Å². The van der Waals surface area contributed by atoms with Crippen LogP contribution in [0, 0.1) is 0 Å². The number of aromatic nitrogens is 2. The van der Waals surface area contributed by atoms with Crippen LogP contribution in [0.3, 0.4) is 0 Å². The van der Waals surface area contributed by atoms with Gasteiger partial charge in [-0.1, -0.05) is 13.3 Å². The smallest absolute Gasteiger partial charge is 0.323 e. The van der Waals surface area contributed by atoms with Gasteiger partial charge in [0.25, 0.3) is 0 Å². The summed E-state index contributed by atoms with van der Waals surface area (Å²) in [4.78, 5) is 18.5. The molecule has 0 spiro atoms. The summed E-state index contributed by atoms with van der Waals surface area (Å²) in [6.45, 7) is 7.20. The maximum atomic E-state index is 12.1. The number of ether oxygens (including phenoxy) is 1. The van der Waals surface area contributed by atoms with Crippen molar-refractivity contribution >= 4 is 5.97 Å². The number of piperidine rings is 1. The van der Waals surface area contributed by atoms with Crippen molar-refractivity contribution in [2.24, 2.45) is 0 Å². The summed E-state index contributed by atoms with van der Waals surface area (Å²) >= 11 is 0. The van der Waals surface area contributed by atoms with Gasteiger partial charge in [-0.25, -0.2) is 4.98 Å². The highest BCUT2D eigenvalue weighted by Gasteiger charge is 2.30. The molecule has 0 saturated carbocycles. The second kappa shape index (κ2) is 7.43. The van der Waals surface area contributed by atoms with Crippen LogP contribution in [-0.4, -0.2) is 39.6 Å². The minimum absolute atomic E-state index is 0.0752. The topological polar surface area (TPSA) is 47.4 Å². The molecule has 1 aliphatic rings. The van der Waals surface area contributed by atoms with E-state index in [9.17, 15) is 4.79 Å². The van der Waals surface area contributed by atoms with Crippen molar-refractivity contribution < 1.29 is 9.53 Å². The van der Waals surface area contributed by atoms with Gasteiger partial charge in [0.2, 0.25) is 0 Å². The van der Waals surface area contributed by atoms with Crippen molar-refractivity contribution in [1.82, 2.24) is 14.5 Å². The van der Waals surface area contributed by atoms with Crippen molar-refractivity contribution in [2.75, 3.05) is 13.2 Å². The first-order chi connectivity index (χ1) is 9.76. The quantitative estimate of drug-likeness (QED) is 0.749. The molecular formula is C15H25N3O2. The number of nitrogens with zero attached hydrogens (tertiary/aromatic N) is 3. The SMILES string of the molecule is CCCn1cncc1CN1CCCCC1C(=O)OCC. The molecule has 1 aromatic heterocycles. The molecule has 112 valence electrons. The summed E-state index contributed by atoms with van der Waals surface area (Å²) in [5.41, 5.74) is 1.18. The molecule has 0 N–H and O–H groups in total. The van der Waals surface area contributed by atoms with Crippen LogP contribution in [0.2, 0.25) is 0 Å². The molecule has 0 amide bonds. The van der Waals surface area contributed by atoms with Gasteiger partial charge in [-0.3, -0.25) is 9.69 Å². The van der Waals surface area contributed by atoms with Crippen LogP contribution in [0.5, 0.6) is 0 Å². The summed E-state index contributed by atoms with van der Waals surface area (Å²) in [5.74, 6) is -0.0752. The Morgan fingerprint density at radius 1 is 1.45 bits per heavy atom. The van der Waals surface area contributed by atoms with Crippen LogP contribution in [-0.2, 0) is 22.6 Å². The Hall–Kier alpha value is -1.36. The molecule has 0 aliphatic carbocycles. The maximum Gasteiger partial charge on any atom is 0.323 e. The Labute approximate surface area is 120 Å². The van der Waals surface area contributed by atoms with E-state index in [4.69, 9.17) is 4.74 Å². The van der Waals surface area contributed by atoms with Gasteiger partial charge in [0.05, 0.1) is 18.6 Å². The van der Waals surface area contributed by atoms with E-state index in [0.717, 1.165) is 45.3 Å². The second-order valence-electron chi connectivity index (χ2n) is 5.31. The molecule has 1 unspecified atom stereocenters. The fourth-order valence-electron chi connectivity index (χ4n) is 2.82. The Morgan fingerprint density at radius 3 is 3.05 bits per heavy atom. The van der Waals surface area contributed by atoms with Crippen LogP contribution >= 0.6 is 0 Å². The Morgan fingerprint density at radius 2 is 2.30 bits per heavy atom. The van der Waals surface area contributed by atoms with E-state index < -0.39 is 0 Å². The van der Waals surface area contributed by atoms with Gasteiger partial charge in [0.15, 0.2) is 0 Å². The lowest BCUT2D eigenvalue weighted by atomic mass is 10.0. The fourth-order valence-corrected chi connectivity index (χ4v) is 2.82. The van der Waals surface area contributed by atoms with E-state index >= 15 is 0 Å². The molecule has 1 fully saturated rings. The summed E-state index contributed by atoms with van der Waals surface area (Å²) in [6, 6.07) is -0.0892. The summed E-state index contributed by atoms with van der Waals surface area (Å²) in [5, 5.41) is 0. The minimum Gasteiger partial charge on any atom is -0.465 e. The summed E-state index contributed by atoms with van der Waals surface area (Å²) in [6.07, 6.45) is 8.03. The van der Waals surface area contributed by atoms with Crippen molar-refractivity contribution in [1.29, 1.82) is 0 Å². The van der Waals surface area contributed by atoms with Gasteiger partial charge in [-0.2, -0.15) is 0 Å². The van der Waals surface area contributed by atoms with Crippen molar-refractivity contribution in [3.63, 3.8) is 0 Å². The number of likely N-dealkylation sites (tertiary alicyclic amines) is 1. The molecular weight excluding hydrogens is 254 g/mol. The molecule has 5 nitrogen and oxygen atoms in total. The average Bonchev–Trinajstić information content (AvgIpc) is 2.87. The Bertz CT molecular complexity index is 431. The molecule has 0 radical (unpaired) electrons. The first-order valence-corrected chi connectivity index (χ1v) is 7.66. The first kappa shape index (κ1) is 15.0. The van der Waals surface area contributed by atoms with Crippen molar-refractivity contribution in [3.8, 4) is 0 Å². The van der Waals surface area contributed by atoms with Crippen LogP contribution in [0.15, 0.2) is 12.5 Å². The number of rotatable bonds is 6. The van der Waals surface area contributed by atoms with Crippen molar-refractivity contribution in [3.05, 3.63) is 18.2 Å². The third kappa shape index (κ3) is 3.60. The molecule has 1 saturated heterocycles. The summed E-state index contributed by atoms with van der Waals surface area (Å²) < 4.78 is 7.38. The molecule has 1 aromatic rings. The van der Waals surface area contributed by atoms with Gasteiger partial charge in [0, 0.05) is 19.3 Å². The molecule has 1 aliphatic heterocycles. The van der Waals surface area contributed by atoms with E-state index in [1.807, 2.05) is 19.4 Å². The van der Waals surface area contributed by atoms with Crippen LogP contribution in [0.4, 0.5) is 0 Å². The van der Waals surface area contributed by atoms with Gasteiger partial charge in [-0.05, 0) is 32.7 Å². The highest BCUT2D eigenvalue weighted by atomic mass is 16.5. The first-order valence-electron chi connectivity index (χ1n) is 7.66. The zero-order chi connectivity index (χ0) is 14.4. The number of esters is 1. The molecule has 0 bridgehead atoms. The standard InChI is InChI=1S/C15H25N3O2/c1-3-8-18-12-16-10-13(18)11-17-9-6-5-7-14(17)15(19)20-4-2/h10,12,14H,3-9,11H2,1-2H3. The second-order valence-corrected chi connectivity index (χ2v) is 5.31. The van der Waals surface area contributed by atoms with Gasteiger partial charge in [-0.15, -0.1) is 0 Å². The van der Waals surface area contributed by atoms with E-state index in [2.05, 4.69) is 21.4 Å². The molecule has 2 rings (SSSR count). The van der Waals surface area contributed by atoms with Crippen LogP contribution in [0.25, 0.3) is 0 Å². The predicted molar refractivity (Wildman–Crippen MR) is 77.2 cm³/mol. The third-order valence-electron chi connectivity index (χ3n) is 3.80. The van der Waals surface area contributed by atoms with E-state index in [1.54, 1.807) is 0 Å². The number of carbonyl (C=O) groups excluding carboxylic acids is 1. The number of hydrogen-bond acceptors (Lipinski definition) is 4. The molecule has 2 heterocycles. The number of imidazole rings is 1. The normalized spacial score (nSPS) is 20.0. The zero-order valence-electron chi connectivity index (χ0n) is 12.5. The third-order valence-corrected chi connectivity index (χ3v) is 3.80. The molecule has 20 heavy (non-hydrogen) atoms. The largest absolute Gasteiger partial charge is 0.465 e. The molecule has 1 atom stereocenters. The zero-order valence-corrected chi connectivity index (χ0v) is 12.5. The van der Waals surface area contributed by atoms with E-state index in [0.29, 0.717) is 6.61 Å². The fraction of sp³-hybridized carbons (Fsp3) is 0.733. The highest BCUT2D eigenvalue weighted by Crippen LogP contribution is 2.20. The number of aryl methyl sites for hydroxylation is 1. The lowest BCUT2D eigenvalue weighted by molar-refractivity contribution is -0.151. The number of hydrogen-bond donors (Lipinski definition) is 0. The minimum atomic E-state index is -0.0892. The van der Waals surface area contributed by atoms with Crippen LogP contribution < -0.4 is 0 Å². The highest BCUT2D eigenvalue weighted by molar-refractivity contribution is 5.75. The number of carbonyl (C=O) groups is 1. The Balaban J connectivity index is 2.04. The predicted octanol–water partition coefficient (Wildman–Crippen LogP) is 2.21. The van der Waals surface area contributed by atoms with Gasteiger partial charge in [0.1, 0.15) is 6.04 Å². The van der Waals surface area contributed by atoms with E-state index in [1.165, 1.54) is 5.69 Å². The van der Waals surface area contributed by atoms with E-state index in [-0.39, 0.29) is 12.0 Å². The lowest BCUT2D eigenvalue weighted by Crippen LogP contribution is -2.45. The lowest BCUT2D eigenvalue weighted by Gasteiger charge is -2.33. The van der Waals surface area contributed by atoms with Gasteiger partial charge < -0.3 is 9.30 Å². The summed E-state index contributed by atoms with van der Waals surface area (Å²) in [7, 11) is 0. The molecule has 0 aromatic carbocycles. The van der Waals surface area contributed by atoms with Gasteiger partial charge >= 0.3 is 5.97 Å². The average molecular weight is 279 g/mol. The maximum absolute atomic E-state index is 12.1. The molecule has 5 heteroatoms. The Kier molecular flexibility index (Phi) is 5.59. The monoisotopic (exact) mass is 279 g/mol.